The average molecular weight is 272 g/mol. The summed E-state index contributed by atoms with van der Waals surface area (Å²) in [5.74, 6) is 0.134. The average Bonchev–Trinajstić information content (AvgIpc) is 2.51. The largest absolute Gasteiger partial charge is 0.299 e. The first-order chi connectivity index (χ1) is 9.74. The van der Waals surface area contributed by atoms with Gasteiger partial charge in [0.15, 0.2) is 0 Å². The molecule has 1 aromatic rings. The van der Waals surface area contributed by atoms with Crippen molar-refractivity contribution in [3.05, 3.63) is 40.8 Å². The molecule has 106 valence electrons. The molecule has 1 saturated carbocycles. The normalized spacial score (nSPS) is 33.6. The van der Waals surface area contributed by atoms with Crippen molar-refractivity contribution in [1.82, 2.24) is 5.01 Å². The molecule has 0 aromatic heterocycles. The predicted molar refractivity (Wildman–Crippen MR) is 76.7 cm³/mol. The highest BCUT2D eigenvalue weighted by Gasteiger charge is 2.48. The van der Waals surface area contributed by atoms with Gasteiger partial charge in [0.05, 0.1) is 17.4 Å². The van der Waals surface area contributed by atoms with Crippen LogP contribution in [0, 0.1) is 16.7 Å². The molecule has 0 amide bonds. The van der Waals surface area contributed by atoms with Crippen LogP contribution < -0.4 is 0 Å². The molecular weight excluding hydrogens is 252 g/mol. The summed E-state index contributed by atoms with van der Waals surface area (Å²) < 4.78 is 0. The number of carbonyl (C=O) groups excluding carboxylic acids is 1. The molecular formula is C16H20N2O2. The Morgan fingerprint density at radius 2 is 1.85 bits per heavy atom. The minimum absolute atomic E-state index is 0.00332. The first-order valence-corrected chi connectivity index (χ1v) is 7.44. The van der Waals surface area contributed by atoms with Crippen LogP contribution in [0.25, 0.3) is 0 Å². The van der Waals surface area contributed by atoms with Crippen LogP contribution in [0.3, 0.4) is 0 Å². The van der Waals surface area contributed by atoms with Crippen molar-refractivity contribution in [3.8, 4) is 0 Å². The molecule has 0 spiro atoms. The number of rotatable bonds is 2. The second-order valence-corrected chi connectivity index (χ2v) is 5.97. The van der Waals surface area contributed by atoms with Gasteiger partial charge in [-0.2, -0.15) is 0 Å². The lowest BCUT2D eigenvalue weighted by molar-refractivity contribution is -0.141. The molecule has 2 fully saturated rings. The highest BCUT2D eigenvalue weighted by molar-refractivity contribution is 5.85. The van der Waals surface area contributed by atoms with Gasteiger partial charge in [0, 0.05) is 11.8 Å². The number of hydrogen-bond acceptors (Lipinski definition) is 3. The van der Waals surface area contributed by atoms with Gasteiger partial charge in [-0.05, 0) is 18.4 Å². The lowest BCUT2D eigenvalue weighted by Gasteiger charge is -2.47. The summed E-state index contributed by atoms with van der Waals surface area (Å²) in [4.78, 5) is 24.0. The molecule has 0 unspecified atom stereocenters. The maximum absolute atomic E-state index is 12.6. The van der Waals surface area contributed by atoms with Crippen molar-refractivity contribution in [2.45, 2.75) is 44.7 Å². The number of fused-ring (bicyclic) bond motifs is 1. The zero-order valence-electron chi connectivity index (χ0n) is 11.7. The van der Waals surface area contributed by atoms with Crippen LogP contribution in [-0.2, 0) is 4.79 Å². The highest BCUT2D eigenvalue weighted by atomic mass is 16.3. The zero-order chi connectivity index (χ0) is 14.1. The number of ketones is 1. The van der Waals surface area contributed by atoms with Crippen LogP contribution in [0.15, 0.2) is 35.6 Å². The number of nitroso groups, excluding NO2 is 1. The molecule has 3 rings (SSSR count). The lowest BCUT2D eigenvalue weighted by Crippen LogP contribution is -2.53. The number of benzene rings is 1. The van der Waals surface area contributed by atoms with Crippen LogP contribution in [0.2, 0.25) is 0 Å². The van der Waals surface area contributed by atoms with Gasteiger partial charge >= 0.3 is 0 Å². The summed E-state index contributed by atoms with van der Waals surface area (Å²) in [5, 5.41) is 4.98. The maximum atomic E-state index is 12.6. The van der Waals surface area contributed by atoms with Gasteiger partial charge in [0.25, 0.3) is 0 Å². The number of hydrogen-bond donors (Lipinski definition) is 0. The summed E-state index contributed by atoms with van der Waals surface area (Å²) in [6.07, 6.45) is 3.97. The topological polar surface area (TPSA) is 49.7 Å². The maximum Gasteiger partial charge on any atom is 0.143 e. The molecule has 20 heavy (non-hydrogen) atoms. The number of piperidine rings is 1. The van der Waals surface area contributed by atoms with Crippen molar-refractivity contribution in [2.75, 3.05) is 0 Å². The molecule has 4 heteroatoms. The fourth-order valence-corrected chi connectivity index (χ4v) is 3.89. The van der Waals surface area contributed by atoms with E-state index in [0.29, 0.717) is 5.78 Å². The first-order valence-electron chi connectivity index (χ1n) is 7.44. The van der Waals surface area contributed by atoms with Crippen molar-refractivity contribution in [3.63, 3.8) is 0 Å². The van der Waals surface area contributed by atoms with Crippen molar-refractivity contribution >= 4 is 5.78 Å². The zero-order valence-corrected chi connectivity index (χ0v) is 11.7. The van der Waals surface area contributed by atoms with E-state index in [1.165, 1.54) is 0 Å². The second kappa shape index (κ2) is 5.35. The molecule has 2 aliphatic rings. The standard InChI is InChI=1S/C16H20N2O2/c1-11-15(12-7-3-2-4-8-12)18(17-20)14-10-6-5-9-13(14)16(11)19/h2-4,7-8,11,13-15H,5-6,9-10H2,1H3/t11-,13+,14+,15+/m1/s1. The third-order valence-electron chi connectivity index (χ3n) is 4.88. The van der Waals surface area contributed by atoms with Gasteiger partial charge in [-0.15, -0.1) is 4.91 Å². The lowest BCUT2D eigenvalue weighted by atomic mass is 9.71. The third kappa shape index (κ3) is 2.03. The van der Waals surface area contributed by atoms with E-state index in [4.69, 9.17) is 0 Å². The Bertz CT molecular complexity index is 502. The molecule has 4 atom stereocenters. The SMILES string of the molecule is C[C@H]1C(=O)[C@H]2CCCC[C@@H]2N(N=O)[C@@H]1c1ccccc1. The fraction of sp³-hybridized carbons (Fsp3) is 0.562. The third-order valence-corrected chi connectivity index (χ3v) is 4.88. The summed E-state index contributed by atoms with van der Waals surface area (Å²) >= 11 is 0. The van der Waals surface area contributed by atoms with Crippen molar-refractivity contribution in [1.29, 1.82) is 0 Å². The van der Waals surface area contributed by atoms with Gasteiger partial charge in [-0.1, -0.05) is 50.1 Å². The summed E-state index contributed by atoms with van der Waals surface area (Å²) in [5.41, 5.74) is 1.01. The molecule has 4 nitrogen and oxygen atoms in total. The van der Waals surface area contributed by atoms with E-state index in [1.54, 1.807) is 5.01 Å². The molecule has 0 radical (unpaired) electrons. The second-order valence-electron chi connectivity index (χ2n) is 5.97. The Labute approximate surface area is 119 Å². The fourth-order valence-electron chi connectivity index (χ4n) is 3.89. The predicted octanol–water partition coefficient (Wildman–Crippen LogP) is 3.49. The van der Waals surface area contributed by atoms with E-state index < -0.39 is 0 Å². The van der Waals surface area contributed by atoms with Gasteiger partial charge in [-0.3, -0.25) is 4.79 Å². The molecule has 1 aliphatic heterocycles. The highest BCUT2D eigenvalue weighted by Crippen LogP contribution is 2.44. The summed E-state index contributed by atoms with van der Waals surface area (Å²) in [6.45, 7) is 1.93. The first kappa shape index (κ1) is 13.3. The summed E-state index contributed by atoms with van der Waals surface area (Å²) in [6, 6.07) is 9.59. The van der Waals surface area contributed by atoms with E-state index in [0.717, 1.165) is 31.2 Å². The van der Waals surface area contributed by atoms with Gasteiger partial charge in [0.1, 0.15) is 5.78 Å². The number of carbonyl (C=O) groups is 1. The Kier molecular flexibility index (Phi) is 3.55. The molecule has 0 bridgehead atoms. The van der Waals surface area contributed by atoms with Crippen LogP contribution in [0.5, 0.6) is 0 Å². The monoisotopic (exact) mass is 272 g/mol. The quantitative estimate of drug-likeness (QED) is 0.774. The molecule has 1 heterocycles. The van der Waals surface area contributed by atoms with Crippen LogP contribution in [0.1, 0.15) is 44.2 Å². The van der Waals surface area contributed by atoms with Gasteiger partial charge in [0.2, 0.25) is 0 Å². The van der Waals surface area contributed by atoms with E-state index >= 15 is 0 Å². The Hall–Kier alpha value is -1.71. The minimum Gasteiger partial charge on any atom is -0.299 e. The molecule has 1 aliphatic carbocycles. The molecule has 1 saturated heterocycles. The van der Waals surface area contributed by atoms with Crippen LogP contribution in [0.4, 0.5) is 0 Å². The Balaban J connectivity index is 1.99. The Morgan fingerprint density at radius 1 is 1.15 bits per heavy atom. The Morgan fingerprint density at radius 3 is 2.55 bits per heavy atom. The van der Waals surface area contributed by atoms with Crippen molar-refractivity contribution in [2.24, 2.45) is 17.1 Å². The molecule has 1 aromatic carbocycles. The van der Waals surface area contributed by atoms with Crippen molar-refractivity contribution < 1.29 is 4.79 Å². The smallest absolute Gasteiger partial charge is 0.143 e. The van der Waals surface area contributed by atoms with E-state index in [9.17, 15) is 9.70 Å². The minimum atomic E-state index is -0.208. The van der Waals surface area contributed by atoms with Crippen LogP contribution in [-0.4, -0.2) is 16.8 Å². The summed E-state index contributed by atoms with van der Waals surface area (Å²) in [7, 11) is 0. The number of Topliss-reactive ketones (excluding diaryl/α,β-unsaturated/α-hetero) is 1. The van der Waals surface area contributed by atoms with E-state index in [2.05, 4.69) is 5.29 Å². The van der Waals surface area contributed by atoms with E-state index in [-0.39, 0.29) is 23.9 Å². The molecule has 0 N–H and O–H groups in total. The van der Waals surface area contributed by atoms with E-state index in [1.807, 2.05) is 37.3 Å². The van der Waals surface area contributed by atoms with Gasteiger partial charge in [-0.25, -0.2) is 5.01 Å². The van der Waals surface area contributed by atoms with Gasteiger partial charge < -0.3 is 0 Å². The van der Waals surface area contributed by atoms with Crippen LogP contribution >= 0.6 is 0 Å². The number of nitrogens with zero attached hydrogens (tertiary/aromatic N) is 2.